The topological polar surface area (TPSA) is 115 Å². The second-order valence-corrected chi connectivity index (χ2v) is 7.65. The molecule has 1 amide bonds. The number of nitrogens with zero attached hydrogens (tertiary/aromatic N) is 5. The molecule has 3 aromatic rings. The van der Waals surface area contributed by atoms with E-state index in [-0.39, 0.29) is 30.4 Å². The summed E-state index contributed by atoms with van der Waals surface area (Å²) in [4.78, 5) is 20.2. The molecule has 0 spiro atoms. The third-order valence-electron chi connectivity index (χ3n) is 5.40. The van der Waals surface area contributed by atoms with Crippen LogP contribution in [0.15, 0.2) is 55.1 Å². The van der Waals surface area contributed by atoms with Gasteiger partial charge in [-0.05, 0) is 24.8 Å². The van der Waals surface area contributed by atoms with Crippen molar-refractivity contribution in [3.63, 3.8) is 0 Å². The highest BCUT2D eigenvalue weighted by Crippen LogP contribution is 2.22. The van der Waals surface area contributed by atoms with Crippen molar-refractivity contribution in [2.24, 2.45) is 0 Å². The molecule has 0 saturated carbocycles. The van der Waals surface area contributed by atoms with E-state index in [0.717, 1.165) is 31.4 Å². The lowest BCUT2D eigenvalue weighted by molar-refractivity contribution is -0.0912. The van der Waals surface area contributed by atoms with Crippen LogP contribution < -0.4 is 5.32 Å². The van der Waals surface area contributed by atoms with Crippen LogP contribution in [0.4, 0.5) is 0 Å². The second kappa shape index (κ2) is 10.2. The predicted molar refractivity (Wildman–Crippen MR) is 112 cm³/mol. The first-order valence-electron chi connectivity index (χ1n) is 10.5. The van der Waals surface area contributed by atoms with Crippen LogP contribution in [-0.4, -0.2) is 60.8 Å². The number of rotatable bonds is 8. The summed E-state index contributed by atoms with van der Waals surface area (Å²) in [5, 5.41) is 21.1. The Morgan fingerprint density at radius 1 is 1.23 bits per heavy atom. The first-order chi connectivity index (χ1) is 15.2. The van der Waals surface area contributed by atoms with Gasteiger partial charge in [-0.2, -0.15) is 0 Å². The maximum absolute atomic E-state index is 12.3. The molecule has 1 saturated heterocycles. The van der Waals surface area contributed by atoms with E-state index in [1.807, 2.05) is 29.1 Å². The van der Waals surface area contributed by atoms with E-state index in [9.17, 15) is 9.90 Å². The Balaban J connectivity index is 1.26. The fraction of sp³-hybridized carbons (Fsp3) is 0.409. The molecule has 2 N–H and O–H groups in total. The zero-order valence-electron chi connectivity index (χ0n) is 17.2. The number of carbonyl (C=O) groups excluding carboxylic acids is 1. The Morgan fingerprint density at radius 2 is 2.10 bits per heavy atom. The van der Waals surface area contributed by atoms with Crippen LogP contribution in [0.25, 0.3) is 0 Å². The average molecular weight is 422 g/mol. The molecule has 1 aliphatic rings. The summed E-state index contributed by atoms with van der Waals surface area (Å²) in [6.07, 6.45) is 8.92. The third-order valence-corrected chi connectivity index (χ3v) is 5.40. The molecule has 31 heavy (non-hydrogen) atoms. The molecule has 1 aromatic carbocycles. The molecule has 3 heterocycles. The Bertz CT molecular complexity index is 966. The van der Waals surface area contributed by atoms with Gasteiger partial charge in [0.25, 0.3) is 5.91 Å². The summed E-state index contributed by atoms with van der Waals surface area (Å²) >= 11 is 0. The quantitative estimate of drug-likeness (QED) is 0.564. The van der Waals surface area contributed by atoms with Gasteiger partial charge in [0, 0.05) is 31.6 Å². The highest BCUT2D eigenvalue weighted by atomic mass is 16.5. The Hall–Kier alpha value is -3.17. The van der Waals surface area contributed by atoms with Gasteiger partial charge in [-0.15, -0.1) is 5.10 Å². The summed E-state index contributed by atoms with van der Waals surface area (Å²) < 4.78 is 7.88. The molecule has 3 atom stereocenters. The normalized spacial score (nSPS) is 21.0. The van der Waals surface area contributed by atoms with Gasteiger partial charge in [-0.25, -0.2) is 4.98 Å². The molecule has 0 aliphatic carbocycles. The van der Waals surface area contributed by atoms with E-state index in [0.29, 0.717) is 6.54 Å². The fourth-order valence-electron chi connectivity index (χ4n) is 3.78. The number of carbonyl (C=O) groups is 1. The molecular weight excluding hydrogens is 396 g/mol. The Morgan fingerprint density at radius 3 is 2.87 bits per heavy atom. The predicted octanol–water partition coefficient (Wildman–Crippen LogP) is 1.39. The van der Waals surface area contributed by atoms with Crippen molar-refractivity contribution in [3.8, 4) is 0 Å². The largest absolute Gasteiger partial charge is 0.394 e. The van der Waals surface area contributed by atoms with Gasteiger partial charge in [0.2, 0.25) is 0 Å². The minimum Gasteiger partial charge on any atom is -0.394 e. The molecule has 4 rings (SSSR count). The van der Waals surface area contributed by atoms with Crippen LogP contribution in [0.5, 0.6) is 0 Å². The van der Waals surface area contributed by atoms with E-state index >= 15 is 0 Å². The summed E-state index contributed by atoms with van der Waals surface area (Å²) in [7, 11) is 0. The number of aliphatic hydroxyl groups excluding tert-OH is 1. The lowest BCUT2D eigenvalue weighted by Crippen LogP contribution is -2.51. The molecule has 9 nitrogen and oxygen atoms in total. The first kappa shape index (κ1) is 21.1. The van der Waals surface area contributed by atoms with E-state index in [1.54, 1.807) is 0 Å². The molecule has 0 bridgehead atoms. The first-order valence-corrected chi connectivity index (χ1v) is 10.5. The maximum Gasteiger partial charge on any atom is 0.271 e. The molecule has 162 valence electrons. The lowest BCUT2D eigenvalue weighted by Gasteiger charge is -2.36. The average Bonchev–Trinajstić information content (AvgIpc) is 3.26. The van der Waals surface area contributed by atoms with Crippen LogP contribution in [0.3, 0.4) is 0 Å². The van der Waals surface area contributed by atoms with Gasteiger partial charge >= 0.3 is 0 Å². The number of ether oxygens (including phenoxy) is 1. The number of hydrogen-bond acceptors (Lipinski definition) is 7. The van der Waals surface area contributed by atoms with Gasteiger partial charge in [-0.3, -0.25) is 14.5 Å². The third kappa shape index (κ3) is 5.71. The summed E-state index contributed by atoms with van der Waals surface area (Å²) in [6.45, 7) is 0.522. The number of benzene rings is 1. The van der Waals surface area contributed by atoms with Gasteiger partial charge in [0.15, 0.2) is 0 Å². The zero-order chi connectivity index (χ0) is 21.5. The van der Waals surface area contributed by atoms with Gasteiger partial charge in [0.1, 0.15) is 11.8 Å². The van der Waals surface area contributed by atoms with Crippen molar-refractivity contribution in [1.82, 2.24) is 30.3 Å². The monoisotopic (exact) mass is 422 g/mol. The van der Waals surface area contributed by atoms with Crippen LogP contribution >= 0.6 is 0 Å². The lowest BCUT2D eigenvalue weighted by atomic mass is 9.97. The molecule has 0 radical (unpaired) electrons. The number of aliphatic hydroxyl groups is 1. The number of amides is 1. The number of nitrogens with one attached hydrogen (secondary N) is 1. The van der Waals surface area contributed by atoms with E-state index in [1.165, 1.54) is 24.2 Å². The van der Waals surface area contributed by atoms with Gasteiger partial charge in [-0.1, -0.05) is 35.5 Å². The molecule has 1 aliphatic heterocycles. The van der Waals surface area contributed by atoms with E-state index < -0.39 is 6.10 Å². The van der Waals surface area contributed by atoms with E-state index in [2.05, 4.69) is 37.7 Å². The van der Waals surface area contributed by atoms with Gasteiger partial charge < -0.3 is 15.2 Å². The van der Waals surface area contributed by atoms with E-state index in [4.69, 9.17) is 4.74 Å². The highest BCUT2D eigenvalue weighted by molar-refractivity contribution is 5.92. The van der Waals surface area contributed by atoms with Crippen molar-refractivity contribution < 1.29 is 14.6 Å². The Labute approximate surface area is 180 Å². The molecular formula is C22H26N6O3. The van der Waals surface area contributed by atoms with Crippen molar-refractivity contribution >= 4 is 5.91 Å². The van der Waals surface area contributed by atoms with Crippen molar-refractivity contribution in [3.05, 3.63) is 72.1 Å². The standard InChI is InChI=1S/C22H26N6O3/c29-15-21-19(25-22(30)20-13-23-9-10-24-20)7-6-18(31-21)8-11-28-14-17(26-27-28)12-16-4-2-1-3-5-16/h1-5,9-10,13-14,18-19,21,29H,6-8,11-12,15H2,(H,25,30)/t18-,19+,21-/m1/s1. The Kier molecular flexibility index (Phi) is 6.96. The number of hydrogen-bond donors (Lipinski definition) is 2. The minimum absolute atomic E-state index is 0.0106. The minimum atomic E-state index is -0.455. The molecule has 2 aromatic heterocycles. The molecule has 1 fully saturated rings. The molecule has 9 heteroatoms. The number of aryl methyl sites for hydroxylation is 1. The summed E-state index contributed by atoms with van der Waals surface area (Å²) in [5.41, 5.74) is 2.38. The van der Waals surface area contributed by atoms with Crippen LogP contribution in [0.2, 0.25) is 0 Å². The number of aromatic nitrogens is 5. The summed E-state index contributed by atoms with van der Waals surface area (Å²) in [6, 6.07) is 9.91. The van der Waals surface area contributed by atoms with Crippen molar-refractivity contribution in [2.75, 3.05) is 6.61 Å². The fourth-order valence-corrected chi connectivity index (χ4v) is 3.78. The highest BCUT2D eigenvalue weighted by Gasteiger charge is 2.32. The van der Waals surface area contributed by atoms with Crippen molar-refractivity contribution in [2.45, 2.75) is 50.5 Å². The van der Waals surface area contributed by atoms with Crippen molar-refractivity contribution in [1.29, 1.82) is 0 Å². The second-order valence-electron chi connectivity index (χ2n) is 7.65. The van der Waals surface area contributed by atoms with Crippen LogP contribution in [0, 0.1) is 0 Å². The van der Waals surface area contributed by atoms with Crippen LogP contribution in [-0.2, 0) is 17.7 Å². The zero-order valence-corrected chi connectivity index (χ0v) is 17.2. The smallest absolute Gasteiger partial charge is 0.271 e. The molecule has 0 unspecified atom stereocenters. The van der Waals surface area contributed by atoms with Crippen LogP contribution in [0.1, 0.15) is 41.0 Å². The van der Waals surface area contributed by atoms with Gasteiger partial charge in [0.05, 0.1) is 30.6 Å². The maximum atomic E-state index is 12.3. The summed E-state index contributed by atoms with van der Waals surface area (Å²) in [5.74, 6) is -0.313. The SMILES string of the molecule is O=C(N[C@H]1CC[C@H](CCn2cc(Cc3ccccc3)nn2)O[C@@H]1CO)c1cnccn1.